The number of carboxylic acid groups (broad SMARTS) is 1. The SMILES string of the molecule is Cc1nc(N(CCC(C)C)CCC(C)C)ncc1C(=O)O. The molecule has 1 N–H and O–H groups in total. The number of carbonyl (C=O) groups is 1. The lowest BCUT2D eigenvalue weighted by molar-refractivity contribution is 0.0695. The van der Waals surface area contributed by atoms with Crippen molar-refractivity contribution in [2.75, 3.05) is 18.0 Å². The van der Waals surface area contributed by atoms with E-state index in [1.54, 1.807) is 6.92 Å². The van der Waals surface area contributed by atoms with E-state index in [0.717, 1.165) is 25.9 Å². The summed E-state index contributed by atoms with van der Waals surface area (Å²) >= 11 is 0. The van der Waals surface area contributed by atoms with E-state index < -0.39 is 5.97 Å². The van der Waals surface area contributed by atoms with Crippen molar-refractivity contribution in [2.24, 2.45) is 11.8 Å². The molecule has 118 valence electrons. The maximum absolute atomic E-state index is 11.0. The Morgan fingerprint density at radius 1 is 1.19 bits per heavy atom. The summed E-state index contributed by atoms with van der Waals surface area (Å²) in [6.45, 7) is 12.3. The van der Waals surface area contributed by atoms with Crippen LogP contribution in [-0.4, -0.2) is 34.1 Å². The molecular weight excluding hydrogens is 266 g/mol. The van der Waals surface area contributed by atoms with Gasteiger partial charge in [-0.15, -0.1) is 0 Å². The Morgan fingerprint density at radius 3 is 2.10 bits per heavy atom. The van der Waals surface area contributed by atoms with E-state index in [0.29, 0.717) is 23.5 Å². The Bertz CT molecular complexity index is 461. The number of nitrogens with zero attached hydrogens (tertiary/aromatic N) is 3. The maximum Gasteiger partial charge on any atom is 0.339 e. The predicted octanol–water partition coefficient (Wildman–Crippen LogP) is 3.38. The highest BCUT2D eigenvalue weighted by atomic mass is 16.4. The minimum absolute atomic E-state index is 0.173. The molecule has 0 amide bonds. The second kappa shape index (κ2) is 7.96. The molecule has 0 aliphatic carbocycles. The molecule has 0 saturated heterocycles. The first kappa shape index (κ1) is 17.4. The van der Waals surface area contributed by atoms with E-state index in [1.807, 2.05) is 0 Å². The van der Waals surface area contributed by atoms with Crippen LogP contribution in [0.4, 0.5) is 5.95 Å². The Balaban J connectivity index is 2.90. The normalized spacial score (nSPS) is 11.2. The molecule has 0 radical (unpaired) electrons. The molecule has 0 fully saturated rings. The van der Waals surface area contributed by atoms with Gasteiger partial charge < -0.3 is 10.0 Å². The minimum atomic E-state index is -0.977. The third kappa shape index (κ3) is 5.69. The van der Waals surface area contributed by atoms with E-state index >= 15 is 0 Å². The van der Waals surface area contributed by atoms with E-state index in [-0.39, 0.29) is 5.56 Å². The number of aromatic nitrogens is 2. The van der Waals surface area contributed by atoms with Crippen LogP contribution in [0.5, 0.6) is 0 Å². The first-order valence-corrected chi connectivity index (χ1v) is 7.63. The highest BCUT2D eigenvalue weighted by Gasteiger charge is 2.15. The largest absolute Gasteiger partial charge is 0.478 e. The second-order valence-corrected chi connectivity index (χ2v) is 6.33. The van der Waals surface area contributed by atoms with Crippen LogP contribution in [-0.2, 0) is 0 Å². The van der Waals surface area contributed by atoms with Crippen LogP contribution in [0.25, 0.3) is 0 Å². The summed E-state index contributed by atoms with van der Waals surface area (Å²) in [5.41, 5.74) is 0.693. The highest BCUT2D eigenvalue weighted by Crippen LogP contribution is 2.15. The van der Waals surface area contributed by atoms with E-state index in [9.17, 15) is 4.79 Å². The molecule has 1 aromatic rings. The molecule has 0 aliphatic rings. The molecule has 5 heteroatoms. The van der Waals surface area contributed by atoms with Crippen molar-refractivity contribution in [3.05, 3.63) is 17.5 Å². The van der Waals surface area contributed by atoms with Gasteiger partial charge in [-0.05, 0) is 31.6 Å². The zero-order valence-corrected chi connectivity index (χ0v) is 13.8. The van der Waals surface area contributed by atoms with E-state index in [1.165, 1.54) is 6.20 Å². The lowest BCUT2D eigenvalue weighted by Gasteiger charge is -2.24. The third-order valence-corrected chi connectivity index (χ3v) is 3.43. The molecule has 1 aromatic heterocycles. The van der Waals surface area contributed by atoms with Gasteiger partial charge in [-0.3, -0.25) is 0 Å². The van der Waals surface area contributed by atoms with Crippen molar-refractivity contribution in [3.8, 4) is 0 Å². The zero-order valence-electron chi connectivity index (χ0n) is 13.8. The molecule has 1 heterocycles. The van der Waals surface area contributed by atoms with Crippen LogP contribution < -0.4 is 4.90 Å². The summed E-state index contributed by atoms with van der Waals surface area (Å²) in [5, 5.41) is 9.05. The van der Waals surface area contributed by atoms with Gasteiger partial charge in [-0.1, -0.05) is 27.7 Å². The molecule has 0 aliphatic heterocycles. The topological polar surface area (TPSA) is 66.3 Å². The average Bonchev–Trinajstić information content (AvgIpc) is 2.37. The number of aryl methyl sites for hydroxylation is 1. The molecule has 0 atom stereocenters. The summed E-state index contributed by atoms with van der Waals surface area (Å²) in [5.74, 6) is 0.894. The summed E-state index contributed by atoms with van der Waals surface area (Å²) in [6.07, 6.45) is 3.56. The number of carboxylic acids is 1. The van der Waals surface area contributed by atoms with Gasteiger partial charge in [0.05, 0.1) is 11.3 Å². The third-order valence-electron chi connectivity index (χ3n) is 3.43. The van der Waals surface area contributed by atoms with Crippen LogP contribution in [0.1, 0.15) is 56.6 Å². The number of hydrogen-bond acceptors (Lipinski definition) is 4. The number of aromatic carboxylic acids is 1. The van der Waals surface area contributed by atoms with Crippen LogP contribution in [0.3, 0.4) is 0 Å². The van der Waals surface area contributed by atoms with Crippen molar-refractivity contribution in [2.45, 2.75) is 47.5 Å². The van der Waals surface area contributed by atoms with Crippen LogP contribution in [0, 0.1) is 18.8 Å². The highest BCUT2D eigenvalue weighted by molar-refractivity contribution is 5.88. The van der Waals surface area contributed by atoms with E-state index in [2.05, 4.69) is 42.6 Å². The maximum atomic E-state index is 11.0. The predicted molar refractivity (Wildman–Crippen MR) is 84.9 cm³/mol. The van der Waals surface area contributed by atoms with Gasteiger partial charge in [0.15, 0.2) is 0 Å². The van der Waals surface area contributed by atoms with Gasteiger partial charge in [0.1, 0.15) is 0 Å². The Kier molecular flexibility index (Phi) is 6.59. The van der Waals surface area contributed by atoms with Crippen molar-refractivity contribution in [3.63, 3.8) is 0 Å². The van der Waals surface area contributed by atoms with Gasteiger partial charge in [-0.25, -0.2) is 14.8 Å². The second-order valence-electron chi connectivity index (χ2n) is 6.33. The molecular formula is C16H27N3O2. The van der Waals surface area contributed by atoms with Crippen molar-refractivity contribution < 1.29 is 9.90 Å². The summed E-state index contributed by atoms with van der Waals surface area (Å²) in [6, 6.07) is 0. The lowest BCUT2D eigenvalue weighted by Crippen LogP contribution is -2.29. The molecule has 21 heavy (non-hydrogen) atoms. The summed E-state index contributed by atoms with van der Waals surface area (Å²) in [4.78, 5) is 21.8. The standard InChI is InChI=1S/C16H27N3O2/c1-11(2)6-8-19(9-7-12(3)4)16-17-10-14(15(20)21)13(5)18-16/h10-12H,6-9H2,1-5H3,(H,20,21). The van der Waals surface area contributed by atoms with Gasteiger partial charge in [0, 0.05) is 19.3 Å². The van der Waals surface area contributed by atoms with Crippen molar-refractivity contribution >= 4 is 11.9 Å². The molecule has 1 rings (SSSR count). The van der Waals surface area contributed by atoms with Crippen molar-refractivity contribution in [1.29, 1.82) is 0 Å². The van der Waals surface area contributed by atoms with E-state index in [4.69, 9.17) is 5.11 Å². The van der Waals surface area contributed by atoms with Gasteiger partial charge in [0.2, 0.25) is 5.95 Å². The van der Waals surface area contributed by atoms with Crippen LogP contribution >= 0.6 is 0 Å². The number of anilines is 1. The molecule has 0 spiro atoms. The fraction of sp³-hybridized carbons (Fsp3) is 0.688. The number of hydrogen-bond donors (Lipinski definition) is 1. The molecule has 5 nitrogen and oxygen atoms in total. The Labute approximate surface area is 127 Å². The molecule has 0 aromatic carbocycles. The smallest absolute Gasteiger partial charge is 0.339 e. The first-order valence-electron chi connectivity index (χ1n) is 7.63. The molecule has 0 saturated carbocycles. The van der Waals surface area contributed by atoms with Crippen LogP contribution in [0.15, 0.2) is 6.20 Å². The van der Waals surface area contributed by atoms with Gasteiger partial charge >= 0.3 is 5.97 Å². The fourth-order valence-corrected chi connectivity index (χ4v) is 1.96. The number of rotatable bonds is 8. The first-order chi connectivity index (χ1) is 9.81. The minimum Gasteiger partial charge on any atom is -0.478 e. The van der Waals surface area contributed by atoms with Gasteiger partial charge in [0.25, 0.3) is 0 Å². The average molecular weight is 293 g/mol. The Hall–Kier alpha value is -1.65. The lowest BCUT2D eigenvalue weighted by atomic mass is 10.1. The molecule has 0 bridgehead atoms. The zero-order chi connectivity index (χ0) is 16.0. The summed E-state index contributed by atoms with van der Waals surface area (Å²) < 4.78 is 0. The summed E-state index contributed by atoms with van der Waals surface area (Å²) in [7, 11) is 0. The molecule has 0 unspecified atom stereocenters. The van der Waals surface area contributed by atoms with Gasteiger partial charge in [-0.2, -0.15) is 0 Å². The van der Waals surface area contributed by atoms with Crippen molar-refractivity contribution in [1.82, 2.24) is 9.97 Å². The quantitative estimate of drug-likeness (QED) is 0.796. The Morgan fingerprint density at radius 2 is 1.71 bits per heavy atom. The monoisotopic (exact) mass is 293 g/mol. The van der Waals surface area contributed by atoms with Crippen LogP contribution in [0.2, 0.25) is 0 Å². The fourth-order valence-electron chi connectivity index (χ4n) is 1.96.